The maximum absolute atomic E-state index is 5.88. The van der Waals surface area contributed by atoms with E-state index in [9.17, 15) is 0 Å². The highest BCUT2D eigenvalue weighted by Gasteiger charge is 2.24. The lowest BCUT2D eigenvalue weighted by Gasteiger charge is -2.39. The zero-order valence-electron chi connectivity index (χ0n) is 8.82. The Kier molecular flexibility index (Phi) is 3.49. The van der Waals surface area contributed by atoms with E-state index >= 15 is 0 Å². The van der Waals surface area contributed by atoms with E-state index in [0.717, 1.165) is 11.6 Å². The van der Waals surface area contributed by atoms with Crippen LogP contribution in [0, 0.1) is 0 Å². The van der Waals surface area contributed by atoms with Crippen molar-refractivity contribution >= 4 is 17.3 Å². The molecule has 2 nitrogen and oxygen atoms in total. The molecule has 0 aliphatic heterocycles. The second-order valence-corrected chi connectivity index (χ2v) is 4.48. The third-order valence-corrected chi connectivity index (χ3v) is 3.30. The summed E-state index contributed by atoms with van der Waals surface area (Å²) in [6, 6.07) is 8.74. The molecule has 0 saturated heterocycles. The number of nitrogens with zero attached hydrogens (tertiary/aromatic N) is 1. The van der Waals surface area contributed by atoms with E-state index in [-0.39, 0.29) is 0 Å². The second kappa shape index (κ2) is 4.86. The molecule has 1 aliphatic carbocycles. The minimum Gasteiger partial charge on any atom is -0.367 e. The Labute approximate surface area is 96.0 Å². The molecule has 0 heterocycles. The van der Waals surface area contributed by atoms with Crippen molar-refractivity contribution in [3.05, 3.63) is 29.3 Å². The van der Waals surface area contributed by atoms with Crippen molar-refractivity contribution in [3.8, 4) is 0 Å². The molecule has 1 saturated carbocycles. The van der Waals surface area contributed by atoms with Crippen molar-refractivity contribution in [2.75, 3.05) is 18.0 Å². The van der Waals surface area contributed by atoms with Crippen LogP contribution < -0.4 is 10.6 Å². The minimum atomic E-state index is 0.690. The molecule has 3 heteroatoms. The highest BCUT2D eigenvalue weighted by atomic mass is 35.5. The topological polar surface area (TPSA) is 29.3 Å². The summed E-state index contributed by atoms with van der Waals surface area (Å²) in [5.41, 5.74) is 6.89. The van der Waals surface area contributed by atoms with Gasteiger partial charge in [-0.2, -0.15) is 0 Å². The van der Waals surface area contributed by atoms with Crippen LogP contribution in [0.4, 0.5) is 5.69 Å². The third kappa shape index (κ3) is 2.44. The summed E-state index contributed by atoms with van der Waals surface area (Å²) >= 11 is 5.88. The number of anilines is 1. The zero-order chi connectivity index (χ0) is 10.7. The number of hydrogen-bond acceptors (Lipinski definition) is 2. The Morgan fingerprint density at radius 2 is 1.93 bits per heavy atom. The highest BCUT2D eigenvalue weighted by molar-refractivity contribution is 6.30. The van der Waals surface area contributed by atoms with Crippen LogP contribution in [0.2, 0.25) is 5.02 Å². The third-order valence-electron chi connectivity index (χ3n) is 3.04. The molecule has 1 aromatic rings. The Balaban J connectivity index is 2.12. The molecule has 1 fully saturated rings. The molecule has 0 radical (unpaired) electrons. The molecule has 2 N–H and O–H groups in total. The van der Waals surface area contributed by atoms with Crippen LogP contribution in [-0.4, -0.2) is 19.1 Å². The quantitative estimate of drug-likeness (QED) is 0.852. The van der Waals surface area contributed by atoms with E-state index in [1.807, 2.05) is 12.1 Å². The van der Waals surface area contributed by atoms with Crippen LogP contribution in [0.3, 0.4) is 0 Å². The van der Waals surface area contributed by atoms with Crippen LogP contribution in [0.5, 0.6) is 0 Å². The van der Waals surface area contributed by atoms with E-state index in [1.54, 1.807) is 0 Å². The average molecular weight is 225 g/mol. The van der Waals surface area contributed by atoms with Crippen LogP contribution in [0.1, 0.15) is 19.3 Å². The van der Waals surface area contributed by atoms with Gasteiger partial charge in [-0.15, -0.1) is 0 Å². The highest BCUT2D eigenvalue weighted by Crippen LogP contribution is 2.29. The molecular formula is C12H17ClN2. The van der Waals surface area contributed by atoms with E-state index in [4.69, 9.17) is 17.3 Å². The lowest BCUT2D eigenvalue weighted by Crippen LogP contribution is -2.43. The second-order valence-electron chi connectivity index (χ2n) is 4.04. The standard InChI is InChI=1S/C12H17ClN2/c13-10-4-6-12(7-5-10)15(9-8-14)11-2-1-3-11/h4-7,11H,1-3,8-9,14H2. The van der Waals surface area contributed by atoms with E-state index < -0.39 is 0 Å². The van der Waals surface area contributed by atoms with Gasteiger partial charge in [0.05, 0.1) is 0 Å². The van der Waals surface area contributed by atoms with E-state index in [2.05, 4.69) is 17.0 Å². The molecule has 1 aliphatic rings. The predicted molar refractivity (Wildman–Crippen MR) is 65.5 cm³/mol. The number of rotatable bonds is 4. The van der Waals surface area contributed by atoms with Gasteiger partial charge < -0.3 is 10.6 Å². The van der Waals surface area contributed by atoms with Crippen molar-refractivity contribution in [3.63, 3.8) is 0 Å². The van der Waals surface area contributed by atoms with Crippen molar-refractivity contribution in [1.29, 1.82) is 0 Å². The van der Waals surface area contributed by atoms with Crippen LogP contribution >= 0.6 is 11.6 Å². The lowest BCUT2D eigenvalue weighted by atomic mass is 9.91. The minimum absolute atomic E-state index is 0.690. The number of benzene rings is 1. The first-order valence-corrected chi connectivity index (χ1v) is 5.91. The summed E-state index contributed by atoms with van der Waals surface area (Å²) in [5, 5.41) is 0.792. The maximum Gasteiger partial charge on any atom is 0.0407 e. The lowest BCUT2D eigenvalue weighted by molar-refractivity contribution is 0.388. The maximum atomic E-state index is 5.88. The fraction of sp³-hybridized carbons (Fsp3) is 0.500. The monoisotopic (exact) mass is 224 g/mol. The zero-order valence-corrected chi connectivity index (χ0v) is 9.58. The number of hydrogen-bond donors (Lipinski definition) is 1. The molecule has 0 atom stereocenters. The summed E-state index contributed by atoms with van der Waals surface area (Å²) in [5.74, 6) is 0. The first kappa shape index (κ1) is 10.8. The molecule has 0 amide bonds. The summed E-state index contributed by atoms with van der Waals surface area (Å²) in [4.78, 5) is 2.40. The van der Waals surface area contributed by atoms with Gasteiger partial charge in [0, 0.05) is 29.8 Å². The van der Waals surface area contributed by atoms with Crippen molar-refractivity contribution in [2.45, 2.75) is 25.3 Å². The SMILES string of the molecule is NCCN(c1ccc(Cl)cc1)C1CCC1. The fourth-order valence-electron chi connectivity index (χ4n) is 1.99. The van der Waals surface area contributed by atoms with Gasteiger partial charge >= 0.3 is 0 Å². The molecule has 0 aromatic heterocycles. The molecule has 2 rings (SSSR count). The molecular weight excluding hydrogens is 208 g/mol. The van der Waals surface area contributed by atoms with E-state index in [1.165, 1.54) is 24.9 Å². The van der Waals surface area contributed by atoms with Crippen LogP contribution in [-0.2, 0) is 0 Å². The average Bonchev–Trinajstić information content (AvgIpc) is 2.16. The van der Waals surface area contributed by atoms with Gasteiger partial charge in [0.15, 0.2) is 0 Å². The normalized spacial score (nSPS) is 16.1. The predicted octanol–water partition coefficient (Wildman–Crippen LogP) is 2.66. The first-order valence-electron chi connectivity index (χ1n) is 5.53. The Morgan fingerprint density at radius 1 is 1.27 bits per heavy atom. The Bertz CT molecular complexity index is 306. The van der Waals surface area contributed by atoms with Crippen molar-refractivity contribution < 1.29 is 0 Å². The first-order chi connectivity index (χ1) is 7.31. The van der Waals surface area contributed by atoms with Gasteiger partial charge in [0.1, 0.15) is 0 Å². The Morgan fingerprint density at radius 3 is 2.40 bits per heavy atom. The largest absolute Gasteiger partial charge is 0.367 e. The van der Waals surface area contributed by atoms with Crippen molar-refractivity contribution in [1.82, 2.24) is 0 Å². The summed E-state index contributed by atoms with van der Waals surface area (Å²) in [6.45, 7) is 1.64. The molecule has 0 unspecified atom stereocenters. The van der Waals surface area contributed by atoms with E-state index in [0.29, 0.717) is 12.6 Å². The van der Waals surface area contributed by atoms with Crippen LogP contribution in [0.25, 0.3) is 0 Å². The van der Waals surface area contributed by atoms with Gasteiger partial charge in [-0.3, -0.25) is 0 Å². The Hall–Kier alpha value is -0.730. The number of halogens is 1. The van der Waals surface area contributed by atoms with Gasteiger partial charge in [-0.1, -0.05) is 11.6 Å². The number of nitrogens with two attached hydrogens (primary N) is 1. The summed E-state index contributed by atoms with van der Waals surface area (Å²) in [6.07, 6.45) is 3.94. The van der Waals surface area contributed by atoms with Crippen molar-refractivity contribution in [2.24, 2.45) is 5.73 Å². The smallest absolute Gasteiger partial charge is 0.0407 e. The molecule has 82 valence electrons. The molecule has 0 spiro atoms. The van der Waals surface area contributed by atoms with Crippen LogP contribution in [0.15, 0.2) is 24.3 Å². The van der Waals surface area contributed by atoms with Gasteiger partial charge in [-0.05, 0) is 43.5 Å². The molecule has 1 aromatic carbocycles. The molecule has 0 bridgehead atoms. The van der Waals surface area contributed by atoms with Gasteiger partial charge in [0.2, 0.25) is 0 Å². The summed E-state index contributed by atoms with van der Waals surface area (Å²) < 4.78 is 0. The fourth-order valence-corrected chi connectivity index (χ4v) is 2.12. The molecule has 15 heavy (non-hydrogen) atoms. The summed E-state index contributed by atoms with van der Waals surface area (Å²) in [7, 11) is 0. The van der Waals surface area contributed by atoms with Gasteiger partial charge in [-0.25, -0.2) is 0 Å². The van der Waals surface area contributed by atoms with Gasteiger partial charge in [0.25, 0.3) is 0 Å².